The van der Waals surface area contributed by atoms with Gasteiger partial charge in [0.2, 0.25) is 5.91 Å². The number of hydrogen-bond donors (Lipinski definition) is 2. The average molecular weight is 533 g/mol. The number of carbonyl (C=O) groups is 1. The number of hydrogen-bond acceptors (Lipinski definition) is 9. The summed E-state index contributed by atoms with van der Waals surface area (Å²) in [6.07, 6.45) is 0. The van der Waals surface area contributed by atoms with Crippen LogP contribution in [0, 0.1) is 10.1 Å². The van der Waals surface area contributed by atoms with Crippen LogP contribution in [-0.2, 0) is 4.79 Å². The molecule has 38 heavy (non-hydrogen) atoms. The molecule has 4 rings (SSSR count). The Kier molecular flexibility index (Phi) is 8.23. The van der Waals surface area contributed by atoms with Crippen molar-refractivity contribution >= 4 is 29.1 Å². The van der Waals surface area contributed by atoms with E-state index in [1.165, 1.54) is 31.0 Å². The fourth-order valence-corrected chi connectivity index (χ4v) is 4.30. The minimum absolute atomic E-state index is 0.0138. The molecule has 0 bridgehead atoms. The maximum absolute atomic E-state index is 12.6. The van der Waals surface area contributed by atoms with Gasteiger partial charge in [-0.15, -0.1) is 10.2 Å². The lowest BCUT2D eigenvalue weighted by molar-refractivity contribution is -0.384. The summed E-state index contributed by atoms with van der Waals surface area (Å²) in [5, 5.41) is 20.3. The molecule has 0 spiro atoms. The molecule has 1 amide bonds. The second-order valence-corrected chi connectivity index (χ2v) is 8.73. The summed E-state index contributed by atoms with van der Waals surface area (Å²) < 4.78 is 12.3. The van der Waals surface area contributed by atoms with Crippen molar-refractivity contribution in [1.82, 2.24) is 25.6 Å². The van der Waals surface area contributed by atoms with Gasteiger partial charge in [-0.2, -0.15) is 0 Å². The summed E-state index contributed by atoms with van der Waals surface area (Å²) in [6, 6.07) is 20.7. The van der Waals surface area contributed by atoms with Gasteiger partial charge in [0.1, 0.15) is 11.5 Å². The molecular weight excluding hydrogens is 508 g/mol. The molecule has 0 aliphatic rings. The van der Waals surface area contributed by atoms with E-state index in [-0.39, 0.29) is 17.3 Å². The number of thioether (sulfide) groups is 1. The molecule has 12 heteroatoms. The molecule has 0 fully saturated rings. The maximum Gasteiger partial charge on any atom is 0.270 e. The summed E-state index contributed by atoms with van der Waals surface area (Å²) in [5.74, 6) is 1.27. The number of non-ortho nitro benzene ring substituents is 1. The van der Waals surface area contributed by atoms with Gasteiger partial charge in [0.15, 0.2) is 11.0 Å². The standard InChI is InChI=1S/C26H24N6O5S/c1-17(22-13-12-21(36-2)15-23(22)37-3)27-28-24(33)16-38-26-30-29-25(31(26)19-9-5-4-6-10-19)18-8-7-11-20(14-18)32(34)35/h4-15,27H,1,16H2,2-3H3,(H,28,33). The summed E-state index contributed by atoms with van der Waals surface area (Å²) in [7, 11) is 3.09. The zero-order valence-electron chi connectivity index (χ0n) is 20.6. The van der Waals surface area contributed by atoms with E-state index in [0.29, 0.717) is 39.3 Å². The van der Waals surface area contributed by atoms with E-state index in [1.54, 1.807) is 42.0 Å². The van der Waals surface area contributed by atoms with Crippen molar-refractivity contribution < 1.29 is 19.2 Å². The maximum atomic E-state index is 12.6. The number of benzene rings is 3. The largest absolute Gasteiger partial charge is 0.497 e. The van der Waals surface area contributed by atoms with Gasteiger partial charge in [-0.05, 0) is 24.3 Å². The number of nitrogens with zero attached hydrogens (tertiary/aromatic N) is 4. The van der Waals surface area contributed by atoms with Crippen molar-refractivity contribution in [3.63, 3.8) is 0 Å². The fourth-order valence-electron chi connectivity index (χ4n) is 3.55. The number of nitro groups is 1. The van der Waals surface area contributed by atoms with Crippen molar-refractivity contribution in [2.45, 2.75) is 5.16 Å². The number of para-hydroxylation sites is 1. The highest BCUT2D eigenvalue weighted by molar-refractivity contribution is 7.99. The molecule has 4 aromatic rings. The molecule has 11 nitrogen and oxygen atoms in total. The van der Waals surface area contributed by atoms with Crippen LogP contribution in [0.1, 0.15) is 5.56 Å². The predicted octanol–water partition coefficient (Wildman–Crippen LogP) is 4.24. The predicted molar refractivity (Wildman–Crippen MR) is 144 cm³/mol. The molecule has 2 N–H and O–H groups in total. The molecule has 0 unspecified atom stereocenters. The fraction of sp³-hybridized carbons (Fsp3) is 0.115. The Morgan fingerprint density at radius 1 is 1.03 bits per heavy atom. The third kappa shape index (κ3) is 5.93. The number of carbonyl (C=O) groups excluding carboxylic acids is 1. The Labute approximate surface area is 222 Å². The van der Waals surface area contributed by atoms with Crippen molar-refractivity contribution in [2.24, 2.45) is 0 Å². The first-order valence-electron chi connectivity index (χ1n) is 11.3. The zero-order valence-corrected chi connectivity index (χ0v) is 21.4. The van der Waals surface area contributed by atoms with Crippen LogP contribution in [0.3, 0.4) is 0 Å². The highest BCUT2D eigenvalue weighted by Gasteiger charge is 2.19. The topological polar surface area (TPSA) is 133 Å². The van der Waals surface area contributed by atoms with E-state index in [9.17, 15) is 14.9 Å². The Hall–Kier alpha value is -4.84. The van der Waals surface area contributed by atoms with Gasteiger partial charge < -0.3 is 9.47 Å². The van der Waals surface area contributed by atoms with E-state index >= 15 is 0 Å². The van der Waals surface area contributed by atoms with Crippen molar-refractivity contribution in [2.75, 3.05) is 20.0 Å². The lowest BCUT2D eigenvalue weighted by Gasteiger charge is -2.15. The number of aromatic nitrogens is 3. The SMILES string of the molecule is C=C(NNC(=O)CSc1nnc(-c2cccc([N+](=O)[O-])c2)n1-c1ccccc1)c1ccc(OC)cc1OC. The normalized spacial score (nSPS) is 10.5. The first-order valence-corrected chi connectivity index (χ1v) is 12.2. The zero-order chi connectivity index (χ0) is 27.1. The van der Waals surface area contributed by atoms with Gasteiger partial charge in [0, 0.05) is 35.0 Å². The lowest BCUT2D eigenvalue weighted by atomic mass is 10.1. The van der Waals surface area contributed by atoms with Crippen LogP contribution in [0.15, 0.2) is 84.5 Å². The van der Waals surface area contributed by atoms with Gasteiger partial charge in [0.05, 0.1) is 30.6 Å². The Morgan fingerprint density at radius 2 is 1.82 bits per heavy atom. The van der Waals surface area contributed by atoms with Gasteiger partial charge in [-0.3, -0.25) is 30.3 Å². The van der Waals surface area contributed by atoms with Crippen LogP contribution in [-0.4, -0.2) is 45.6 Å². The van der Waals surface area contributed by atoms with Crippen molar-refractivity contribution in [3.8, 4) is 28.6 Å². The number of ether oxygens (including phenoxy) is 2. The molecule has 0 radical (unpaired) electrons. The first-order chi connectivity index (χ1) is 18.4. The highest BCUT2D eigenvalue weighted by Crippen LogP contribution is 2.30. The summed E-state index contributed by atoms with van der Waals surface area (Å²) >= 11 is 1.17. The second-order valence-electron chi connectivity index (χ2n) is 7.79. The summed E-state index contributed by atoms with van der Waals surface area (Å²) in [5.41, 5.74) is 7.74. The Balaban J connectivity index is 1.49. The molecule has 1 heterocycles. The number of nitro benzene ring substituents is 1. The van der Waals surface area contributed by atoms with Gasteiger partial charge in [-0.25, -0.2) is 0 Å². The number of amides is 1. The van der Waals surface area contributed by atoms with Crippen molar-refractivity contribution in [3.05, 3.63) is 95.1 Å². The molecule has 194 valence electrons. The van der Waals surface area contributed by atoms with E-state index < -0.39 is 4.92 Å². The molecule has 1 aromatic heterocycles. The third-order valence-corrected chi connectivity index (χ3v) is 6.31. The van der Waals surface area contributed by atoms with Crippen LogP contribution >= 0.6 is 11.8 Å². The van der Waals surface area contributed by atoms with Gasteiger partial charge >= 0.3 is 0 Å². The highest BCUT2D eigenvalue weighted by atomic mass is 32.2. The first kappa shape index (κ1) is 26.2. The van der Waals surface area contributed by atoms with Crippen LogP contribution < -0.4 is 20.3 Å². The van der Waals surface area contributed by atoms with Crippen LogP contribution in [0.4, 0.5) is 5.69 Å². The molecular formula is C26H24N6O5S. The molecule has 0 aliphatic heterocycles. The number of rotatable bonds is 11. The minimum Gasteiger partial charge on any atom is -0.497 e. The van der Waals surface area contributed by atoms with Crippen molar-refractivity contribution in [1.29, 1.82) is 0 Å². The Morgan fingerprint density at radius 3 is 2.53 bits per heavy atom. The summed E-state index contributed by atoms with van der Waals surface area (Å²) in [4.78, 5) is 23.4. The van der Waals surface area contributed by atoms with Crippen LogP contribution in [0.5, 0.6) is 11.5 Å². The van der Waals surface area contributed by atoms with Crippen LogP contribution in [0.25, 0.3) is 22.8 Å². The van der Waals surface area contributed by atoms with E-state index in [1.807, 2.05) is 30.3 Å². The molecule has 3 aromatic carbocycles. The van der Waals surface area contributed by atoms with E-state index in [2.05, 4.69) is 27.6 Å². The number of nitrogens with one attached hydrogen (secondary N) is 2. The van der Waals surface area contributed by atoms with Gasteiger partial charge in [0.25, 0.3) is 5.69 Å². The molecule has 0 saturated carbocycles. The average Bonchev–Trinajstić information content (AvgIpc) is 3.39. The Bertz CT molecular complexity index is 1470. The number of methoxy groups -OCH3 is 2. The third-order valence-electron chi connectivity index (χ3n) is 5.38. The second kappa shape index (κ2) is 11.9. The smallest absolute Gasteiger partial charge is 0.270 e. The minimum atomic E-state index is -0.463. The number of hydrazine groups is 1. The van der Waals surface area contributed by atoms with Crippen LogP contribution in [0.2, 0.25) is 0 Å². The van der Waals surface area contributed by atoms with Gasteiger partial charge in [-0.1, -0.05) is 48.7 Å². The lowest BCUT2D eigenvalue weighted by Crippen LogP contribution is -2.37. The summed E-state index contributed by atoms with van der Waals surface area (Å²) in [6.45, 7) is 3.96. The quantitative estimate of drug-likeness (QED) is 0.165. The van der Waals surface area contributed by atoms with E-state index in [0.717, 1.165) is 5.69 Å². The van der Waals surface area contributed by atoms with E-state index in [4.69, 9.17) is 9.47 Å². The monoisotopic (exact) mass is 532 g/mol. The molecule has 0 aliphatic carbocycles. The molecule has 0 atom stereocenters. The molecule has 0 saturated heterocycles.